The first-order valence-electron chi connectivity index (χ1n) is 9.20. The molecule has 8 nitrogen and oxygen atoms in total. The van der Waals surface area contributed by atoms with E-state index in [4.69, 9.17) is 9.47 Å². The van der Waals surface area contributed by atoms with Gasteiger partial charge in [-0.05, 0) is 43.7 Å². The number of nitrogens with one attached hydrogen (secondary N) is 2. The van der Waals surface area contributed by atoms with Crippen molar-refractivity contribution in [2.75, 3.05) is 36.6 Å². The van der Waals surface area contributed by atoms with Gasteiger partial charge < -0.3 is 19.7 Å². The Morgan fingerprint density at radius 2 is 1.79 bits per heavy atom. The number of rotatable bonds is 9. The Hall–Kier alpha value is -2.94. The highest BCUT2D eigenvalue weighted by atomic mass is 32.2. The van der Waals surface area contributed by atoms with Crippen LogP contribution in [-0.4, -0.2) is 45.9 Å². The van der Waals surface area contributed by atoms with Crippen LogP contribution in [0.25, 0.3) is 0 Å². The van der Waals surface area contributed by atoms with Gasteiger partial charge in [-0.25, -0.2) is 13.2 Å². The molecule has 158 valence electrons. The fourth-order valence-electron chi connectivity index (χ4n) is 2.52. The third-order valence-electron chi connectivity index (χ3n) is 4.10. The number of hydrogen-bond donors (Lipinski definition) is 2. The van der Waals surface area contributed by atoms with Crippen LogP contribution in [0.15, 0.2) is 42.5 Å². The molecule has 2 aromatic rings. The molecule has 2 aromatic carbocycles. The van der Waals surface area contributed by atoms with E-state index in [1.165, 1.54) is 12.0 Å². The summed E-state index contributed by atoms with van der Waals surface area (Å²) < 4.78 is 36.6. The van der Waals surface area contributed by atoms with Gasteiger partial charge in [0.25, 0.3) is 0 Å². The maximum atomic E-state index is 12.5. The van der Waals surface area contributed by atoms with E-state index >= 15 is 0 Å². The molecular weight excluding hydrogens is 394 g/mol. The molecule has 0 unspecified atom stereocenters. The Kier molecular flexibility index (Phi) is 7.72. The van der Waals surface area contributed by atoms with Gasteiger partial charge in [0.05, 0.1) is 25.2 Å². The highest BCUT2D eigenvalue weighted by molar-refractivity contribution is 7.92. The van der Waals surface area contributed by atoms with Crippen molar-refractivity contribution in [2.24, 2.45) is 0 Å². The molecule has 0 aromatic heterocycles. The molecule has 0 aliphatic heterocycles. The summed E-state index contributed by atoms with van der Waals surface area (Å²) in [6.45, 7) is 4.49. The number of carbonyl (C=O) groups is 1. The number of anilines is 2. The van der Waals surface area contributed by atoms with Crippen molar-refractivity contribution in [1.29, 1.82) is 0 Å². The summed E-state index contributed by atoms with van der Waals surface area (Å²) in [4.78, 5) is 14.0. The number of benzene rings is 2. The van der Waals surface area contributed by atoms with Gasteiger partial charge in [-0.1, -0.05) is 12.1 Å². The Balaban J connectivity index is 2.03. The van der Waals surface area contributed by atoms with Gasteiger partial charge in [0.1, 0.15) is 11.5 Å². The minimum atomic E-state index is -3.43. The van der Waals surface area contributed by atoms with Crippen LogP contribution in [0.5, 0.6) is 11.5 Å². The molecule has 0 saturated carbocycles. The van der Waals surface area contributed by atoms with Crippen LogP contribution >= 0.6 is 0 Å². The SMILES string of the molecule is CCOc1ccc(CN(C)C(=O)Nc2ccc(NS(=O)(=O)CC)c(OC)c2)cc1. The standard InChI is InChI=1S/C20H27N3O5S/c1-5-28-17-10-7-15(8-11-17)14-23(3)20(24)21-16-9-12-18(19(13-16)27-4)22-29(25,26)6-2/h7-13,22H,5-6,14H2,1-4H3,(H,21,24). The van der Waals surface area contributed by atoms with Crippen LogP contribution in [0, 0.1) is 0 Å². The monoisotopic (exact) mass is 421 g/mol. The maximum Gasteiger partial charge on any atom is 0.321 e. The van der Waals surface area contributed by atoms with Crippen LogP contribution in [0.1, 0.15) is 19.4 Å². The molecule has 0 fully saturated rings. The smallest absolute Gasteiger partial charge is 0.321 e. The highest BCUT2D eigenvalue weighted by Gasteiger charge is 2.14. The molecule has 2 N–H and O–H groups in total. The number of amides is 2. The Bertz CT molecular complexity index is 930. The third-order valence-corrected chi connectivity index (χ3v) is 5.39. The van der Waals surface area contributed by atoms with Crippen LogP contribution in [-0.2, 0) is 16.6 Å². The highest BCUT2D eigenvalue weighted by Crippen LogP contribution is 2.29. The topological polar surface area (TPSA) is 97.0 Å². The zero-order valence-corrected chi connectivity index (χ0v) is 17.9. The summed E-state index contributed by atoms with van der Waals surface area (Å²) in [5.74, 6) is 1.05. The Labute approximate surface area is 171 Å². The molecule has 0 atom stereocenters. The van der Waals surface area contributed by atoms with Gasteiger partial charge in [0, 0.05) is 25.3 Å². The summed E-state index contributed by atoms with van der Waals surface area (Å²) in [5.41, 5.74) is 1.77. The van der Waals surface area contributed by atoms with Gasteiger partial charge in [0.2, 0.25) is 10.0 Å². The molecule has 29 heavy (non-hydrogen) atoms. The van der Waals surface area contributed by atoms with Crippen LogP contribution in [0.3, 0.4) is 0 Å². The number of nitrogens with zero attached hydrogens (tertiary/aromatic N) is 1. The lowest BCUT2D eigenvalue weighted by Gasteiger charge is -2.19. The zero-order valence-electron chi connectivity index (χ0n) is 17.1. The van der Waals surface area contributed by atoms with Gasteiger partial charge >= 0.3 is 6.03 Å². The molecular formula is C20H27N3O5S. The van der Waals surface area contributed by atoms with Crippen molar-refractivity contribution in [3.8, 4) is 11.5 Å². The first-order chi connectivity index (χ1) is 13.8. The number of hydrogen-bond acceptors (Lipinski definition) is 5. The number of methoxy groups -OCH3 is 1. The van der Waals surface area contributed by atoms with E-state index in [-0.39, 0.29) is 11.8 Å². The molecule has 0 aliphatic carbocycles. The van der Waals surface area contributed by atoms with Gasteiger partial charge in [-0.3, -0.25) is 4.72 Å². The fraction of sp³-hybridized carbons (Fsp3) is 0.350. The fourth-order valence-corrected chi connectivity index (χ4v) is 3.16. The molecule has 0 aliphatic rings. The predicted octanol–water partition coefficient (Wildman–Crippen LogP) is 3.52. The first-order valence-corrected chi connectivity index (χ1v) is 10.9. The second-order valence-corrected chi connectivity index (χ2v) is 8.29. The van der Waals surface area contributed by atoms with Crippen LogP contribution in [0.4, 0.5) is 16.2 Å². The molecule has 0 radical (unpaired) electrons. The Morgan fingerprint density at radius 1 is 1.10 bits per heavy atom. The van der Waals surface area contributed by atoms with E-state index in [2.05, 4.69) is 10.0 Å². The predicted molar refractivity (Wildman–Crippen MR) is 114 cm³/mol. The maximum absolute atomic E-state index is 12.5. The number of sulfonamides is 1. The van der Waals surface area contributed by atoms with Crippen molar-refractivity contribution < 1.29 is 22.7 Å². The largest absolute Gasteiger partial charge is 0.494 e. The molecule has 0 heterocycles. The average molecular weight is 422 g/mol. The number of ether oxygens (including phenoxy) is 2. The number of urea groups is 1. The van der Waals surface area contributed by atoms with E-state index < -0.39 is 10.0 Å². The first kappa shape index (κ1) is 22.4. The lowest BCUT2D eigenvalue weighted by Crippen LogP contribution is -2.30. The van der Waals surface area contributed by atoms with Crippen molar-refractivity contribution in [1.82, 2.24) is 4.90 Å². The number of carbonyl (C=O) groups excluding carboxylic acids is 1. The average Bonchev–Trinajstić information content (AvgIpc) is 2.70. The lowest BCUT2D eigenvalue weighted by molar-refractivity contribution is 0.220. The van der Waals surface area contributed by atoms with Crippen LogP contribution < -0.4 is 19.5 Å². The molecule has 0 spiro atoms. The third kappa shape index (κ3) is 6.56. The molecule has 2 amide bonds. The van der Waals surface area contributed by atoms with E-state index in [0.29, 0.717) is 30.3 Å². The summed E-state index contributed by atoms with van der Waals surface area (Å²) in [6.07, 6.45) is 0. The Morgan fingerprint density at radius 3 is 2.38 bits per heavy atom. The summed E-state index contributed by atoms with van der Waals surface area (Å²) in [7, 11) is -0.310. The van der Waals surface area contributed by atoms with Crippen molar-refractivity contribution in [3.63, 3.8) is 0 Å². The van der Waals surface area contributed by atoms with Crippen molar-refractivity contribution in [3.05, 3.63) is 48.0 Å². The molecule has 9 heteroatoms. The van der Waals surface area contributed by atoms with Crippen molar-refractivity contribution >= 4 is 27.4 Å². The summed E-state index contributed by atoms with van der Waals surface area (Å²) in [5, 5.41) is 2.78. The van der Waals surface area contributed by atoms with E-state index in [1.807, 2.05) is 31.2 Å². The minimum absolute atomic E-state index is 0.0506. The van der Waals surface area contributed by atoms with Crippen LogP contribution in [0.2, 0.25) is 0 Å². The van der Waals surface area contributed by atoms with E-state index in [9.17, 15) is 13.2 Å². The lowest BCUT2D eigenvalue weighted by atomic mass is 10.2. The summed E-state index contributed by atoms with van der Waals surface area (Å²) in [6, 6.07) is 12.0. The summed E-state index contributed by atoms with van der Waals surface area (Å²) >= 11 is 0. The molecule has 2 rings (SSSR count). The second kappa shape index (κ2) is 10.0. The van der Waals surface area contributed by atoms with E-state index in [1.54, 1.807) is 32.2 Å². The molecule has 0 saturated heterocycles. The molecule has 0 bridgehead atoms. The van der Waals surface area contributed by atoms with Gasteiger partial charge in [-0.2, -0.15) is 0 Å². The van der Waals surface area contributed by atoms with Crippen molar-refractivity contribution in [2.45, 2.75) is 20.4 Å². The zero-order chi connectivity index (χ0) is 21.4. The van der Waals surface area contributed by atoms with E-state index in [0.717, 1.165) is 11.3 Å². The minimum Gasteiger partial charge on any atom is -0.494 e. The normalized spacial score (nSPS) is 10.9. The quantitative estimate of drug-likeness (QED) is 0.646. The van der Waals surface area contributed by atoms with Gasteiger partial charge in [-0.15, -0.1) is 0 Å². The second-order valence-electron chi connectivity index (χ2n) is 6.28. The van der Waals surface area contributed by atoms with Gasteiger partial charge in [0.15, 0.2) is 0 Å².